The first-order chi connectivity index (χ1) is 13.4. The third kappa shape index (κ3) is 4.87. The molecule has 0 spiro atoms. The number of benzene rings is 2. The van der Waals surface area contributed by atoms with Gasteiger partial charge in [0, 0.05) is 21.2 Å². The second kappa shape index (κ2) is 8.99. The van der Waals surface area contributed by atoms with Crippen LogP contribution in [0.3, 0.4) is 0 Å². The predicted octanol–water partition coefficient (Wildman–Crippen LogP) is 5.16. The van der Waals surface area contributed by atoms with E-state index in [1.54, 1.807) is 36.4 Å². The van der Waals surface area contributed by atoms with E-state index in [0.29, 0.717) is 43.8 Å². The predicted molar refractivity (Wildman–Crippen MR) is 112 cm³/mol. The number of carbonyl (C=O) groups is 2. The van der Waals surface area contributed by atoms with Crippen LogP contribution >= 0.6 is 39.1 Å². The van der Waals surface area contributed by atoms with Gasteiger partial charge in [0.1, 0.15) is 6.61 Å². The lowest BCUT2D eigenvalue weighted by molar-refractivity contribution is -0.124. The average molecular weight is 485 g/mol. The molecule has 146 valence electrons. The highest BCUT2D eigenvalue weighted by molar-refractivity contribution is 9.10. The van der Waals surface area contributed by atoms with Crippen LogP contribution in [0.2, 0.25) is 10.0 Å². The molecule has 5 nitrogen and oxygen atoms in total. The molecule has 2 aromatic carbocycles. The minimum absolute atomic E-state index is 0.0558. The maximum atomic E-state index is 11.8. The van der Waals surface area contributed by atoms with Crippen LogP contribution in [0.1, 0.15) is 24.5 Å². The van der Waals surface area contributed by atoms with Crippen molar-refractivity contribution in [3.63, 3.8) is 0 Å². The van der Waals surface area contributed by atoms with Gasteiger partial charge in [0.25, 0.3) is 5.91 Å². The Morgan fingerprint density at radius 1 is 1.18 bits per heavy atom. The van der Waals surface area contributed by atoms with E-state index < -0.39 is 0 Å². The van der Waals surface area contributed by atoms with Crippen molar-refractivity contribution in [1.29, 1.82) is 0 Å². The number of amides is 2. The molecule has 1 aliphatic heterocycles. The first-order valence-electron chi connectivity index (χ1n) is 8.45. The third-order valence-electron chi connectivity index (χ3n) is 3.96. The van der Waals surface area contributed by atoms with Crippen LogP contribution in [0.15, 0.2) is 40.4 Å². The summed E-state index contributed by atoms with van der Waals surface area (Å²) < 4.78 is 12.3. The lowest BCUT2D eigenvalue weighted by Crippen LogP contribution is -2.19. The van der Waals surface area contributed by atoms with E-state index in [1.165, 1.54) is 0 Å². The molecule has 1 N–H and O–H groups in total. The Morgan fingerprint density at radius 3 is 2.61 bits per heavy atom. The maximum absolute atomic E-state index is 11.8. The van der Waals surface area contributed by atoms with Crippen molar-refractivity contribution in [3.8, 4) is 11.5 Å². The van der Waals surface area contributed by atoms with E-state index in [-0.39, 0.29) is 24.8 Å². The second-order valence-corrected chi connectivity index (χ2v) is 7.71. The number of nitrogens with one attached hydrogen (secondary N) is 1. The lowest BCUT2D eigenvalue weighted by Gasteiger charge is -2.15. The van der Waals surface area contributed by atoms with Gasteiger partial charge in [-0.3, -0.25) is 14.9 Å². The minimum Gasteiger partial charge on any atom is -0.489 e. The molecule has 0 radical (unpaired) electrons. The molecule has 3 rings (SSSR count). The van der Waals surface area contributed by atoms with Crippen LogP contribution in [-0.4, -0.2) is 18.4 Å². The number of ether oxygens (including phenoxy) is 2. The van der Waals surface area contributed by atoms with E-state index in [2.05, 4.69) is 21.2 Å². The summed E-state index contributed by atoms with van der Waals surface area (Å²) in [6.45, 7) is 2.53. The molecule has 0 unspecified atom stereocenters. The quantitative estimate of drug-likeness (QED) is 0.454. The van der Waals surface area contributed by atoms with Gasteiger partial charge in [-0.05, 0) is 58.8 Å². The van der Waals surface area contributed by atoms with Crippen molar-refractivity contribution in [2.75, 3.05) is 6.61 Å². The Morgan fingerprint density at radius 2 is 1.96 bits per heavy atom. The maximum Gasteiger partial charge on any atom is 0.254 e. The summed E-state index contributed by atoms with van der Waals surface area (Å²) in [4.78, 5) is 23.2. The summed E-state index contributed by atoms with van der Waals surface area (Å²) in [6.07, 6.45) is 1.71. The van der Waals surface area contributed by atoms with E-state index in [9.17, 15) is 9.59 Å². The van der Waals surface area contributed by atoms with Gasteiger partial charge < -0.3 is 9.47 Å². The molecule has 0 bridgehead atoms. The smallest absolute Gasteiger partial charge is 0.254 e. The topological polar surface area (TPSA) is 64.6 Å². The molecule has 2 amide bonds. The molecular formula is C20H16BrCl2NO4. The van der Waals surface area contributed by atoms with E-state index >= 15 is 0 Å². The zero-order valence-electron chi connectivity index (χ0n) is 14.9. The number of hydrogen-bond donors (Lipinski definition) is 1. The molecule has 1 fully saturated rings. The molecule has 1 heterocycles. The van der Waals surface area contributed by atoms with Crippen molar-refractivity contribution in [2.45, 2.75) is 20.0 Å². The molecule has 1 saturated heterocycles. The SMILES string of the molecule is CCOc1c(Br)cc(/C=C2\CC(=O)NC2=O)cc1OCc1ccc(Cl)cc1Cl. The number of rotatable bonds is 6. The summed E-state index contributed by atoms with van der Waals surface area (Å²) in [5.74, 6) is 0.334. The Kier molecular flexibility index (Phi) is 6.65. The van der Waals surface area contributed by atoms with Crippen LogP contribution < -0.4 is 14.8 Å². The fourth-order valence-corrected chi connectivity index (χ4v) is 3.72. The van der Waals surface area contributed by atoms with Gasteiger partial charge in [0.05, 0.1) is 17.5 Å². The zero-order chi connectivity index (χ0) is 20.3. The summed E-state index contributed by atoms with van der Waals surface area (Å²) in [5, 5.41) is 3.32. The fourth-order valence-electron chi connectivity index (χ4n) is 2.68. The molecule has 0 aromatic heterocycles. The zero-order valence-corrected chi connectivity index (χ0v) is 18.0. The Hall–Kier alpha value is -2.02. The van der Waals surface area contributed by atoms with Gasteiger partial charge in [-0.1, -0.05) is 29.3 Å². The van der Waals surface area contributed by atoms with Gasteiger partial charge in [0.15, 0.2) is 11.5 Å². The van der Waals surface area contributed by atoms with Gasteiger partial charge >= 0.3 is 0 Å². The summed E-state index contributed by atoms with van der Waals surface area (Å²) >= 11 is 15.6. The number of halogens is 3. The molecular weight excluding hydrogens is 469 g/mol. The lowest BCUT2D eigenvalue weighted by atomic mass is 10.1. The van der Waals surface area contributed by atoms with Gasteiger partial charge in [-0.15, -0.1) is 0 Å². The van der Waals surface area contributed by atoms with Gasteiger partial charge in [0.2, 0.25) is 5.91 Å². The molecule has 0 atom stereocenters. The largest absolute Gasteiger partial charge is 0.489 e. The Labute approximate surface area is 180 Å². The van der Waals surface area contributed by atoms with Gasteiger partial charge in [-0.25, -0.2) is 0 Å². The number of imide groups is 1. The average Bonchev–Trinajstić information content (AvgIpc) is 2.94. The standard InChI is InChI=1S/C20H16BrCl2NO4/c1-2-27-19-15(21)6-11(5-13-8-18(25)24-20(13)26)7-17(19)28-10-12-3-4-14(22)9-16(12)23/h3-7,9H,2,8,10H2,1H3,(H,24,25,26)/b13-5+. The molecule has 0 aliphatic carbocycles. The molecule has 0 saturated carbocycles. The summed E-state index contributed by atoms with van der Waals surface area (Å²) in [5.41, 5.74) is 1.87. The minimum atomic E-state index is -0.384. The van der Waals surface area contributed by atoms with Crippen LogP contribution in [0.5, 0.6) is 11.5 Å². The number of hydrogen-bond acceptors (Lipinski definition) is 4. The monoisotopic (exact) mass is 483 g/mol. The van der Waals surface area contributed by atoms with Crippen LogP contribution in [0.25, 0.3) is 6.08 Å². The molecule has 8 heteroatoms. The Balaban J connectivity index is 1.91. The van der Waals surface area contributed by atoms with Crippen LogP contribution in [-0.2, 0) is 16.2 Å². The van der Waals surface area contributed by atoms with Crippen LogP contribution in [0, 0.1) is 0 Å². The first kappa shape index (κ1) is 20.7. The Bertz CT molecular complexity index is 975. The van der Waals surface area contributed by atoms with Crippen molar-refractivity contribution in [3.05, 3.63) is 61.5 Å². The van der Waals surface area contributed by atoms with Crippen molar-refractivity contribution >= 4 is 57.0 Å². The first-order valence-corrected chi connectivity index (χ1v) is 10.00. The molecule has 2 aromatic rings. The molecule has 1 aliphatic rings. The fraction of sp³-hybridized carbons (Fsp3) is 0.200. The highest BCUT2D eigenvalue weighted by atomic mass is 79.9. The molecule has 28 heavy (non-hydrogen) atoms. The number of carbonyl (C=O) groups excluding carboxylic acids is 2. The second-order valence-electron chi connectivity index (χ2n) is 6.01. The normalized spacial score (nSPS) is 15.1. The van der Waals surface area contributed by atoms with Crippen molar-refractivity contribution < 1.29 is 19.1 Å². The van der Waals surface area contributed by atoms with Gasteiger partial charge in [-0.2, -0.15) is 0 Å². The van der Waals surface area contributed by atoms with Crippen LogP contribution in [0.4, 0.5) is 0 Å². The van der Waals surface area contributed by atoms with E-state index in [4.69, 9.17) is 32.7 Å². The summed E-state index contributed by atoms with van der Waals surface area (Å²) in [7, 11) is 0. The van der Waals surface area contributed by atoms with Crippen molar-refractivity contribution in [2.24, 2.45) is 0 Å². The third-order valence-corrected chi connectivity index (χ3v) is 5.13. The van der Waals surface area contributed by atoms with Crippen molar-refractivity contribution in [1.82, 2.24) is 5.32 Å². The highest BCUT2D eigenvalue weighted by Crippen LogP contribution is 2.38. The van der Waals surface area contributed by atoms with E-state index in [1.807, 2.05) is 6.92 Å². The summed E-state index contributed by atoms with van der Waals surface area (Å²) in [6, 6.07) is 8.74. The van der Waals surface area contributed by atoms with E-state index in [0.717, 1.165) is 5.56 Å². The highest BCUT2D eigenvalue weighted by Gasteiger charge is 2.24.